The van der Waals surface area contributed by atoms with Crippen LogP contribution in [0.1, 0.15) is 23.6 Å². The first kappa shape index (κ1) is 28.2. The zero-order valence-electron chi connectivity index (χ0n) is 19.5. The Morgan fingerprint density at radius 2 is 1.83 bits per heavy atom. The van der Waals surface area contributed by atoms with E-state index >= 15 is 0 Å². The Labute approximate surface area is 234 Å². The summed E-state index contributed by atoms with van der Waals surface area (Å²) in [5.41, 5.74) is 3.40. The highest BCUT2D eigenvalue weighted by molar-refractivity contribution is 9.11. The van der Waals surface area contributed by atoms with Crippen LogP contribution in [0.2, 0.25) is 0 Å². The number of hydrogen-bond donors (Lipinski definition) is 2. The van der Waals surface area contributed by atoms with Crippen molar-refractivity contribution < 1.29 is 29.0 Å². The predicted molar refractivity (Wildman–Crippen MR) is 151 cm³/mol. The number of aryl methyl sites for hydroxylation is 2. The zero-order chi connectivity index (χ0) is 26.6. The van der Waals surface area contributed by atoms with E-state index in [0.29, 0.717) is 38.7 Å². The lowest BCUT2D eigenvalue weighted by Gasteiger charge is -2.15. The number of thiocarbonyl (C=S) groups is 1. The van der Waals surface area contributed by atoms with Crippen LogP contribution in [-0.4, -0.2) is 51.9 Å². The van der Waals surface area contributed by atoms with Crippen molar-refractivity contribution in [2.24, 2.45) is 0 Å². The van der Waals surface area contributed by atoms with Gasteiger partial charge in [0.2, 0.25) is 0 Å². The van der Waals surface area contributed by atoms with Crippen molar-refractivity contribution in [1.29, 1.82) is 0 Å². The lowest BCUT2D eigenvalue weighted by molar-refractivity contribution is -0.140. The normalized spacial score (nSPS) is 14.4. The fourth-order valence-corrected chi connectivity index (χ4v) is 5.58. The van der Waals surface area contributed by atoms with Crippen LogP contribution in [0, 0.1) is 13.8 Å². The summed E-state index contributed by atoms with van der Waals surface area (Å²) in [7, 11) is 0. The molecule has 3 rings (SSSR count). The van der Waals surface area contributed by atoms with Gasteiger partial charge < -0.3 is 19.9 Å². The molecule has 0 bridgehead atoms. The highest BCUT2D eigenvalue weighted by Gasteiger charge is 2.33. The Kier molecular flexibility index (Phi) is 9.56. The molecule has 1 aliphatic rings. The number of hydrogen-bond acceptors (Lipinski definition) is 7. The van der Waals surface area contributed by atoms with E-state index in [1.165, 1.54) is 0 Å². The topological polar surface area (TPSA) is 105 Å². The van der Waals surface area contributed by atoms with Gasteiger partial charge in [0.05, 0.1) is 21.7 Å². The molecule has 1 fully saturated rings. The highest BCUT2D eigenvalue weighted by Crippen LogP contribution is 2.39. The number of amides is 2. The maximum Gasteiger partial charge on any atom is 0.323 e. The lowest BCUT2D eigenvalue weighted by atomic mass is 10.1. The van der Waals surface area contributed by atoms with Crippen LogP contribution in [0.25, 0.3) is 6.08 Å². The average molecular weight is 658 g/mol. The standard InChI is InChI=1S/C24H22Br2N2O6S2/c1-4-33-18-8-14(9-19-23(32)28(10-21(30)31)24(35)36-19)7-16(26)22(18)34-11-20(29)27-17-6-13(3)12(2)5-15(17)25/h5-9H,4,10-11H2,1-3H3,(H,27,29)(H,30,31). The van der Waals surface area contributed by atoms with E-state index in [4.69, 9.17) is 26.8 Å². The molecular formula is C24H22Br2N2O6S2. The van der Waals surface area contributed by atoms with Crippen molar-refractivity contribution in [3.05, 3.63) is 54.8 Å². The van der Waals surface area contributed by atoms with E-state index in [2.05, 4.69) is 37.2 Å². The molecule has 8 nitrogen and oxygen atoms in total. The van der Waals surface area contributed by atoms with Crippen LogP contribution in [0.15, 0.2) is 38.1 Å². The third kappa shape index (κ3) is 6.87. The quantitative estimate of drug-likeness (QED) is 0.268. The van der Waals surface area contributed by atoms with E-state index in [0.717, 1.165) is 32.3 Å². The molecule has 1 aliphatic heterocycles. The summed E-state index contributed by atoms with van der Waals surface area (Å²) in [4.78, 5) is 37.5. The summed E-state index contributed by atoms with van der Waals surface area (Å²) < 4.78 is 13.0. The number of rotatable bonds is 9. The summed E-state index contributed by atoms with van der Waals surface area (Å²) in [6.07, 6.45) is 1.60. The number of carbonyl (C=O) groups is 3. The summed E-state index contributed by atoms with van der Waals surface area (Å²) in [6.45, 7) is 5.35. The Bertz CT molecular complexity index is 1280. The van der Waals surface area contributed by atoms with E-state index in [9.17, 15) is 14.4 Å². The first-order valence-electron chi connectivity index (χ1n) is 10.6. The number of nitrogens with zero attached hydrogens (tertiary/aromatic N) is 1. The van der Waals surface area contributed by atoms with Crippen LogP contribution >= 0.6 is 55.8 Å². The second kappa shape index (κ2) is 12.2. The van der Waals surface area contributed by atoms with Gasteiger partial charge in [-0.1, -0.05) is 24.0 Å². The van der Waals surface area contributed by atoms with Gasteiger partial charge in [-0.05, 0) is 99.7 Å². The molecule has 0 aliphatic carbocycles. The summed E-state index contributed by atoms with van der Waals surface area (Å²) >= 11 is 13.1. The molecule has 0 aromatic heterocycles. The molecule has 0 atom stereocenters. The molecule has 2 aromatic carbocycles. The van der Waals surface area contributed by atoms with E-state index in [-0.39, 0.29) is 16.8 Å². The van der Waals surface area contributed by atoms with Gasteiger partial charge in [-0.3, -0.25) is 19.3 Å². The van der Waals surface area contributed by atoms with Crippen molar-refractivity contribution in [2.45, 2.75) is 20.8 Å². The molecule has 36 heavy (non-hydrogen) atoms. The SMILES string of the molecule is CCOc1cc(C=C2SC(=S)N(CC(=O)O)C2=O)cc(Br)c1OCC(=O)Nc1cc(C)c(C)cc1Br. The van der Waals surface area contributed by atoms with Gasteiger partial charge in [0.25, 0.3) is 11.8 Å². The summed E-state index contributed by atoms with van der Waals surface area (Å²) in [6, 6.07) is 7.20. The maximum absolute atomic E-state index is 12.6. The van der Waals surface area contributed by atoms with Crippen molar-refractivity contribution >= 4 is 89.7 Å². The fraction of sp³-hybridized carbons (Fsp3) is 0.250. The second-order valence-corrected chi connectivity index (χ2v) is 11.1. The first-order chi connectivity index (χ1) is 17.0. The Balaban J connectivity index is 1.78. The Hall–Kier alpha value is -2.41. The molecule has 0 spiro atoms. The number of carbonyl (C=O) groups excluding carboxylic acids is 2. The van der Waals surface area contributed by atoms with Gasteiger partial charge in [-0.25, -0.2) is 0 Å². The zero-order valence-corrected chi connectivity index (χ0v) is 24.3. The highest BCUT2D eigenvalue weighted by atomic mass is 79.9. The maximum atomic E-state index is 12.6. The fourth-order valence-electron chi connectivity index (χ4n) is 3.20. The molecule has 2 N–H and O–H groups in total. The number of benzene rings is 2. The number of thioether (sulfide) groups is 1. The van der Waals surface area contributed by atoms with Gasteiger partial charge in [-0.15, -0.1) is 0 Å². The van der Waals surface area contributed by atoms with Crippen LogP contribution in [-0.2, 0) is 14.4 Å². The average Bonchev–Trinajstić information content (AvgIpc) is 3.04. The number of anilines is 1. The minimum absolute atomic E-state index is 0.180. The Morgan fingerprint density at radius 3 is 2.50 bits per heavy atom. The van der Waals surface area contributed by atoms with E-state index < -0.39 is 18.4 Å². The van der Waals surface area contributed by atoms with Crippen LogP contribution in [0.3, 0.4) is 0 Å². The molecule has 190 valence electrons. The van der Waals surface area contributed by atoms with Crippen LogP contribution in [0.5, 0.6) is 11.5 Å². The molecule has 0 saturated carbocycles. The third-order valence-electron chi connectivity index (χ3n) is 5.00. The van der Waals surface area contributed by atoms with Gasteiger partial charge in [0.15, 0.2) is 18.1 Å². The van der Waals surface area contributed by atoms with Gasteiger partial charge in [0, 0.05) is 4.47 Å². The monoisotopic (exact) mass is 656 g/mol. The second-order valence-electron chi connectivity index (χ2n) is 7.68. The predicted octanol–water partition coefficient (Wildman–Crippen LogP) is 5.53. The largest absolute Gasteiger partial charge is 0.490 e. The van der Waals surface area contributed by atoms with Gasteiger partial charge in [-0.2, -0.15) is 0 Å². The van der Waals surface area contributed by atoms with Crippen molar-refractivity contribution in [3.63, 3.8) is 0 Å². The minimum Gasteiger partial charge on any atom is -0.490 e. The third-order valence-corrected chi connectivity index (χ3v) is 7.62. The minimum atomic E-state index is -1.15. The lowest BCUT2D eigenvalue weighted by Crippen LogP contribution is -2.33. The first-order valence-corrected chi connectivity index (χ1v) is 13.4. The number of ether oxygens (including phenoxy) is 2. The summed E-state index contributed by atoms with van der Waals surface area (Å²) in [5, 5.41) is 11.8. The summed E-state index contributed by atoms with van der Waals surface area (Å²) in [5.74, 6) is -1.26. The van der Waals surface area contributed by atoms with Crippen molar-refractivity contribution in [2.75, 3.05) is 25.1 Å². The molecule has 1 saturated heterocycles. The molecule has 1 heterocycles. The smallest absolute Gasteiger partial charge is 0.323 e. The van der Waals surface area contributed by atoms with Gasteiger partial charge in [0.1, 0.15) is 10.9 Å². The molecule has 2 amide bonds. The number of carboxylic acids is 1. The molecule has 0 unspecified atom stereocenters. The van der Waals surface area contributed by atoms with Crippen molar-refractivity contribution in [3.8, 4) is 11.5 Å². The number of halogens is 2. The van der Waals surface area contributed by atoms with Crippen LogP contribution in [0.4, 0.5) is 5.69 Å². The molecule has 12 heteroatoms. The Morgan fingerprint density at radius 1 is 1.14 bits per heavy atom. The number of nitrogens with one attached hydrogen (secondary N) is 1. The molecule has 0 radical (unpaired) electrons. The number of aliphatic carboxylic acids is 1. The molecular weight excluding hydrogens is 636 g/mol. The van der Waals surface area contributed by atoms with E-state index in [1.54, 1.807) is 18.2 Å². The van der Waals surface area contributed by atoms with Crippen molar-refractivity contribution in [1.82, 2.24) is 4.90 Å². The van der Waals surface area contributed by atoms with Crippen LogP contribution < -0.4 is 14.8 Å². The van der Waals surface area contributed by atoms with E-state index in [1.807, 2.05) is 32.9 Å². The van der Waals surface area contributed by atoms with Gasteiger partial charge >= 0.3 is 5.97 Å². The number of carboxylic acid groups (broad SMARTS) is 1. The molecule has 2 aromatic rings.